The monoisotopic (exact) mass is 919 g/mol. The number of aromatic carboxylic acids is 3. The van der Waals surface area contributed by atoms with Crippen molar-refractivity contribution in [2.75, 3.05) is 41.2 Å². The van der Waals surface area contributed by atoms with Gasteiger partial charge in [0.25, 0.3) is 0 Å². The molecule has 9 heteroatoms. The normalized spacial score (nSPS) is 11.1. The molecule has 0 radical (unpaired) electrons. The van der Waals surface area contributed by atoms with Crippen LogP contribution in [0.2, 0.25) is 0 Å². The van der Waals surface area contributed by atoms with E-state index in [0.29, 0.717) is 73.5 Å². The van der Waals surface area contributed by atoms with Gasteiger partial charge in [-0.2, -0.15) is 0 Å². The number of carboxylic acids is 3. The number of unbranched alkanes of at least 4 members (excludes halogenated alkanes) is 1. The second-order valence-electron chi connectivity index (χ2n) is 18.9. The molecule has 0 heterocycles. The zero-order valence-electron chi connectivity index (χ0n) is 43.3. The molecule has 0 aromatic heterocycles. The molecule has 372 valence electrons. The fourth-order valence-electron chi connectivity index (χ4n) is 8.73. The molecule has 0 saturated heterocycles. The van der Waals surface area contributed by atoms with Crippen LogP contribution in [-0.2, 0) is 72.0 Å². The number of carbonyl (C=O) groups is 3. The van der Waals surface area contributed by atoms with Crippen molar-refractivity contribution in [3.05, 3.63) is 103 Å². The van der Waals surface area contributed by atoms with E-state index in [2.05, 4.69) is 62.3 Å². The Bertz CT molecular complexity index is 1860. The summed E-state index contributed by atoms with van der Waals surface area (Å²) < 4.78 is 15.6. The summed E-state index contributed by atoms with van der Waals surface area (Å²) in [6, 6.07) is 11.3. The first kappa shape index (κ1) is 60.0. The molecular formula is C57H90O9. The van der Waals surface area contributed by atoms with Gasteiger partial charge in [-0.15, -0.1) is 0 Å². The lowest BCUT2D eigenvalue weighted by Crippen LogP contribution is -2.12. The van der Waals surface area contributed by atoms with Gasteiger partial charge < -0.3 is 29.5 Å². The summed E-state index contributed by atoms with van der Waals surface area (Å²) in [7, 11) is 4.98. The van der Waals surface area contributed by atoms with E-state index in [1.807, 2.05) is 18.2 Å². The van der Waals surface area contributed by atoms with Crippen molar-refractivity contribution in [1.82, 2.24) is 0 Å². The second-order valence-corrected chi connectivity index (χ2v) is 18.9. The van der Waals surface area contributed by atoms with Gasteiger partial charge in [-0.25, -0.2) is 14.4 Å². The molecule has 0 unspecified atom stereocenters. The minimum Gasteiger partial charge on any atom is -0.478 e. The average Bonchev–Trinajstić information content (AvgIpc) is 3.26. The fourth-order valence-corrected chi connectivity index (χ4v) is 8.73. The molecule has 0 spiro atoms. The Balaban J connectivity index is 0.000000496. The van der Waals surface area contributed by atoms with E-state index in [0.717, 1.165) is 93.7 Å². The standard InChI is InChI=1S/C20H32O3.C19H30O3.C18H28O3/c1-5-6-9-16-11-12-19(20(21)22)18(13-14-23-4)17(16)10-7-8-15(2)3;1-5-7-15-10-11-18(19(20)21)17(12-13-22-4)16(15)9-6-8-14(2)3;1-5-14-9-10-17(18(19)20)16(11-12-21-4)15(14)8-6-7-13(2)3/h11-12,15H,5-10,13-14H2,1-4H3,(H,21,22);10-11,14H,5-9,12-13H2,1-4H3,(H,20,21);9-10,13H,5-8,11-12H2,1-4H3,(H,19,20). The molecular weight excluding hydrogens is 829 g/mol. The molecule has 9 nitrogen and oxygen atoms in total. The number of carboxylic acid groups (broad SMARTS) is 3. The van der Waals surface area contributed by atoms with Crippen molar-refractivity contribution < 1.29 is 43.9 Å². The van der Waals surface area contributed by atoms with Crippen LogP contribution in [0.1, 0.15) is 201 Å². The van der Waals surface area contributed by atoms with Gasteiger partial charge in [-0.05, 0) is 169 Å². The molecule has 0 saturated carbocycles. The van der Waals surface area contributed by atoms with Crippen LogP contribution in [0, 0.1) is 17.8 Å². The Kier molecular flexibility index (Phi) is 31.1. The zero-order valence-corrected chi connectivity index (χ0v) is 43.3. The lowest BCUT2D eigenvalue weighted by Gasteiger charge is -2.18. The third-order valence-corrected chi connectivity index (χ3v) is 12.3. The lowest BCUT2D eigenvalue weighted by atomic mass is 9.88. The maximum Gasteiger partial charge on any atom is 0.335 e. The van der Waals surface area contributed by atoms with Gasteiger partial charge in [0.15, 0.2) is 0 Å². The summed E-state index contributed by atoms with van der Waals surface area (Å²) in [4.78, 5) is 34.6. The van der Waals surface area contributed by atoms with Crippen LogP contribution in [0.15, 0.2) is 36.4 Å². The number of ether oxygens (including phenoxy) is 3. The Morgan fingerprint density at radius 3 is 1.00 bits per heavy atom. The highest BCUT2D eigenvalue weighted by Gasteiger charge is 2.20. The number of aryl methyl sites for hydroxylation is 3. The summed E-state index contributed by atoms with van der Waals surface area (Å²) in [5.41, 5.74) is 11.9. The minimum atomic E-state index is -0.839. The molecule has 0 bridgehead atoms. The highest BCUT2D eigenvalue weighted by Crippen LogP contribution is 2.28. The van der Waals surface area contributed by atoms with E-state index in [1.54, 1.807) is 39.5 Å². The van der Waals surface area contributed by atoms with Crippen molar-refractivity contribution >= 4 is 17.9 Å². The number of methoxy groups -OCH3 is 3. The van der Waals surface area contributed by atoms with Gasteiger partial charge in [0.2, 0.25) is 0 Å². The molecule has 66 heavy (non-hydrogen) atoms. The van der Waals surface area contributed by atoms with E-state index in [9.17, 15) is 29.7 Å². The number of rotatable bonds is 30. The van der Waals surface area contributed by atoms with Crippen LogP contribution in [-0.4, -0.2) is 74.4 Å². The Hall–Kier alpha value is -4.05. The second kappa shape index (κ2) is 34.3. The highest BCUT2D eigenvalue weighted by atomic mass is 16.5. The van der Waals surface area contributed by atoms with Crippen molar-refractivity contribution in [1.29, 1.82) is 0 Å². The summed E-state index contributed by atoms with van der Waals surface area (Å²) in [5, 5.41) is 28.4. The molecule has 0 aliphatic carbocycles. The fraction of sp³-hybridized carbons (Fsp3) is 0.632. The number of hydrogen-bond acceptors (Lipinski definition) is 6. The molecule has 0 fully saturated rings. The predicted octanol–water partition coefficient (Wildman–Crippen LogP) is 13.5. The van der Waals surface area contributed by atoms with Crippen molar-refractivity contribution in [2.24, 2.45) is 17.8 Å². The van der Waals surface area contributed by atoms with E-state index in [-0.39, 0.29) is 0 Å². The van der Waals surface area contributed by atoms with Crippen LogP contribution in [0.5, 0.6) is 0 Å². The first-order valence-corrected chi connectivity index (χ1v) is 25.1. The quantitative estimate of drug-likeness (QED) is 0.0596. The largest absolute Gasteiger partial charge is 0.478 e. The highest BCUT2D eigenvalue weighted by molar-refractivity contribution is 5.91. The topological polar surface area (TPSA) is 140 Å². The van der Waals surface area contributed by atoms with Crippen LogP contribution < -0.4 is 0 Å². The smallest absolute Gasteiger partial charge is 0.335 e. The average molecular weight is 919 g/mol. The maximum atomic E-state index is 11.6. The molecule has 0 atom stereocenters. The van der Waals surface area contributed by atoms with Gasteiger partial charge in [0, 0.05) is 21.3 Å². The van der Waals surface area contributed by atoms with Gasteiger partial charge in [-0.1, -0.05) is 113 Å². The van der Waals surface area contributed by atoms with Crippen molar-refractivity contribution in [3.8, 4) is 0 Å². The minimum absolute atomic E-state index is 0.434. The summed E-state index contributed by atoms with van der Waals surface area (Å²) >= 11 is 0. The molecule has 0 aliphatic heterocycles. The van der Waals surface area contributed by atoms with Gasteiger partial charge in [0.1, 0.15) is 0 Å². The van der Waals surface area contributed by atoms with Gasteiger partial charge in [0.05, 0.1) is 36.5 Å². The molecule has 0 amide bonds. The number of hydrogen-bond donors (Lipinski definition) is 3. The SMILES string of the molecule is CCCCc1ccc(C(=O)O)c(CCOC)c1CCCC(C)C.CCCc1ccc(C(=O)O)c(CCOC)c1CCCC(C)C.CCc1ccc(C(=O)O)c(CCOC)c1CCCC(C)C. The van der Waals surface area contributed by atoms with E-state index < -0.39 is 17.9 Å². The third-order valence-electron chi connectivity index (χ3n) is 12.3. The Labute approximate surface area is 400 Å². The van der Waals surface area contributed by atoms with E-state index >= 15 is 0 Å². The first-order valence-electron chi connectivity index (χ1n) is 25.1. The molecule has 3 rings (SSSR count). The van der Waals surface area contributed by atoms with E-state index in [1.165, 1.54) is 52.6 Å². The van der Waals surface area contributed by atoms with Crippen molar-refractivity contribution in [2.45, 2.75) is 178 Å². The molecule has 3 aromatic carbocycles. The van der Waals surface area contributed by atoms with Crippen LogP contribution in [0.25, 0.3) is 0 Å². The van der Waals surface area contributed by atoms with Crippen LogP contribution in [0.4, 0.5) is 0 Å². The lowest BCUT2D eigenvalue weighted by molar-refractivity contribution is 0.0684. The van der Waals surface area contributed by atoms with E-state index in [4.69, 9.17) is 14.2 Å². The third kappa shape index (κ3) is 21.7. The van der Waals surface area contributed by atoms with Gasteiger partial charge in [-0.3, -0.25) is 0 Å². The summed E-state index contributed by atoms with van der Waals surface area (Å²) in [5.74, 6) is -0.463. The van der Waals surface area contributed by atoms with Crippen LogP contribution in [0.3, 0.4) is 0 Å². The van der Waals surface area contributed by atoms with Crippen LogP contribution >= 0.6 is 0 Å². The first-order chi connectivity index (χ1) is 31.5. The zero-order chi connectivity index (χ0) is 49.6. The Morgan fingerprint density at radius 2 is 0.727 bits per heavy atom. The van der Waals surface area contributed by atoms with Crippen molar-refractivity contribution in [3.63, 3.8) is 0 Å². The molecule has 3 aromatic rings. The van der Waals surface area contributed by atoms with Gasteiger partial charge >= 0.3 is 17.9 Å². The summed E-state index contributed by atoms with van der Waals surface area (Å²) in [6.07, 6.45) is 18.1. The molecule has 0 aliphatic rings. The predicted molar refractivity (Wildman–Crippen MR) is 272 cm³/mol. The Morgan fingerprint density at radius 1 is 0.409 bits per heavy atom. The summed E-state index contributed by atoms with van der Waals surface area (Å²) in [6.45, 7) is 21.5. The molecule has 3 N–H and O–H groups in total. The maximum absolute atomic E-state index is 11.6. The number of benzene rings is 3.